The molecule has 6 heteroatoms. The predicted molar refractivity (Wildman–Crippen MR) is 91.7 cm³/mol. The molecule has 1 N–H and O–H groups in total. The summed E-state index contributed by atoms with van der Waals surface area (Å²) in [4.78, 5) is 25.8. The van der Waals surface area contributed by atoms with Crippen molar-refractivity contribution in [3.8, 4) is 0 Å². The van der Waals surface area contributed by atoms with E-state index in [2.05, 4.69) is 17.0 Å². The zero-order valence-corrected chi connectivity index (χ0v) is 14.5. The van der Waals surface area contributed by atoms with Crippen molar-refractivity contribution in [2.75, 3.05) is 13.1 Å². The van der Waals surface area contributed by atoms with E-state index in [1.165, 1.54) is 18.9 Å². The van der Waals surface area contributed by atoms with Crippen LogP contribution < -0.4 is 5.32 Å². The molecule has 0 spiro atoms. The molecule has 3 rings (SSSR count). The minimum Gasteiger partial charge on any atom is -0.349 e. The van der Waals surface area contributed by atoms with Gasteiger partial charge in [0.1, 0.15) is 0 Å². The summed E-state index contributed by atoms with van der Waals surface area (Å²) >= 11 is 0. The first-order chi connectivity index (χ1) is 11.5. The van der Waals surface area contributed by atoms with Gasteiger partial charge in [-0.2, -0.15) is 5.10 Å². The van der Waals surface area contributed by atoms with Gasteiger partial charge in [-0.3, -0.25) is 14.3 Å². The van der Waals surface area contributed by atoms with Crippen LogP contribution in [0.2, 0.25) is 0 Å². The van der Waals surface area contributed by atoms with Crippen molar-refractivity contribution < 1.29 is 9.59 Å². The molecule has 1 saturated carbocycles. The second-order valence-corrected chi connectivity index (χ2v) is 7.00. The van der Waals surface area contributed by atoms with E-state index in [0.29, 0.717) is 30.6 Å². The van der Waals surface area contributed by atoms with Crippen molar-refractivity contribution in [2.24, 2.45) is 5.92 Å². The van der Waals surface area contributed by atoms with Gasteiger partial charge in [0.15, 0.2) is 0 Å². The fraction of sp³-hybridized carbons (Fsp3) is 0.611. The molecule has 130 valence electrons. The van der Waals surface area contributed by atoms with Gasteiger partial charge in [0.05, 0.1) is 17.8 Å². The SMILES string of the molecule is C=CC(=O)N1CC(C(C)NC(=O)c2cnn(C3CCCC3)c2C)C1. The van der Waals surface area contributed by atoms with E-state index in [1.807, 2.05) is 18.5 Å². The number of rotatable bonds is 5. The average Bonchev–Trinajstić information content (AvgIpc) is 3.14. The standard InChI is InChI=1S/C18H26N4O2/c1-4-17(23)21-10-14(11-21)12(2)20-18(24)16-9-19-22(13(16)3)15-7-5-6-8-15/h4,9,12,14-15H,1,5-8,10-11H2,2-3H3,(H,20,24). The van der Waals surface area contributed by atoms with Gasteiger partial charge in [0.25, 0.3) is 5.91 Å². The maximum Gasteiger partial charge on any atom is 0.254 e. The zero-order chi connectivity index (χ0) is 17.3. The van der Waals surface area contributed by atoms with Crippen molar-refractivity contribution in [3.63, 3.8) is 0 Å². The Morgan fingerprint density at radius 2 is 2.04 bits per heavy atom. The van der Waals surface area contributed by atoms with E-state index in [0.717, 1.165) is 18.5 Å². The molecule has 0 bridgehead atoms. The lowest BCUT2D eigenvalue weighted by atomic mass is 9.92. The quantitative estimate of drug-likeness (QED) is 0.841. The summed E-state index contributed by atoms with van der Waals surface area (Å²) in [6.45, 7) is 8.81. The van der Waals surface area contributed by atoms with E-state index < -0.39 is 0 Å². The minimum absolute atomic E-state index is 0.0283. The van der Waals surface area contributed by atoms with E-state index in [9.17, 15) is 9.59 Å². The van der Waals surface area contributed by atoms with Crippen LogP contribution in [0.15, 0.2) is 18.9 Å². The van der Waals surface area contributed by atoms with Gasteiger partial charge >= 0.3 is 0 Å². The Bertz CT molecular complexity index is 639. The molecule has 1 aliphatic heterocycles. The topological polar surface area (TPSA) is 67.2 Å². The van der Waals surface area contributed by atoms with Crippen LogP contribution in [-0.2, 0) is 4.79 Å². The van der Waals surface area contributed by atoms with E-state index in [-0.39, 0.29) is 17.9 Å². The molecule has 6 nitrogen and oxygen atoms in total. The molecule has 24 heavy (non-hydrogen) atoms. The fourth-order valence-corrected chi connectivity index (χ4v) is 3.70. The van der Waals surface area contributed by atoms with E-state index in [1.54, 1.807) is 11.1 Å². The summed E-state index contributed by atoms with van der Waals surface area (Å²) < 4.78 is 2.01. The second kappa shape index (κ2) is 6.79. The average molecular weight is 330 g/mol. The predicted octanol–water partition coefficient (Wildman–Crippen LogP) is 2.07. The highest BCUT2D eigenvalue weighted by atomic mass is 16.2. The second-order valence-electron chi connectivity index (χ2n) is 7.00. The van der Waals surface area contributed by atoms with Crippen LogP contribution in [0.1, 0.15) is 54.7 Å². The van der Waals surface area contributed by atoms with Gasteiger partial charge in [-0.05, 0) is 32.8 Å². The first-order valence-electron chi connectivity index (χ1n) is 8.77. The van der Waals surface area contributed by atoms with Crippen LogP contribution in [0.4, 0.5) is 0 Å². The van der Waals surface area contributed by atoms with Crippen molar-refractivity contribution in [1.82, 2.24) is 20.0 Å². The van der Waals surface area contributed by atoms with Crippen LogP contribution in [-0.4, -0.2) is 45.6 Å². The summed E-state index contributed by atoms with van der Waals surface area (Å²) in [5.41, 5.74) is 1.61. The molecule has 2 heterocycles. The number of nitrogens with zero attached hydrogens (tertiary/aromatic N) is 3. The number of aromatic nitrogens is 2. The first kappa shape index (κ1) is 16.7. The highest BCUT2D eigenvalue weighted by Gasteiger charge is 2.34. The number of carbonyl (C=O) groups excluding carboxylic acids is 2. The number of nitrogens with one attached hydrogen (secondary N) is 1. The normalized spacial score (nSPS) is 19.8. The molecule has 0 aromatic carbocycles. The maximum atomic E-state index is 12.6. The summed E-state index contributed by atoms with van der Waals surface area (Å²) in [6, 6.07) is 0.467. The molecule has 1 saturated heterocycles. The lowest BCUT2D eigenvalue weighted by molar-refractivity contribution is -0.132. The summed E-state index contributed by atoms with van der Waals surface area (Å²) in [5.74, 6) is 0.180. The monoisotopic (exact) mass is 330 g/mol. The van der Waals surface area contributed by atoms with Gasteiger partial charge in [-0.1, -0.05) is 19.4 Å². The highest BCUT2D eigenvalue weighted by Crippen LogP contribution is 2.30. The van der Waals surface area contributed by atoms with Crippen molar-refractivity contribution in [2.45, 2.75) is 51.6 Å². The van der Waals surface area contributed by atoms with E-state index >= 15 is 0 Å². The molecule has 1 aromatic rings. The lowest BCUT2D eigenvalue weighted by Gasteiger charge is -2.42. The highest BCUT2D eigenvalue weighted by molar-refractivity contribution is 5.95. The molecule has 2 amide bonds. The van der Waals surface area contributed by atoms with Crippen LogP contribution in [0.5, 0.6) is 0 Å². The third-order valence-corrected chi connectivity index (χ3v) is 5.42. The fourth-order valence-electron chi connectivity index (χ4n) is 3.70. The Kier molecular flexibility index (Phi) is 4.73. The van der Waals surface area contributed by atoms with Crippen LogP contribution >= 0.6 is 0 Å². The number of hydrogen-bond donors (Lipinski definition) is 1. The van der Waals surface area contributed by atoms with Crippen LogP contribution in [0.25, 0.3) is 0 Å². The molecular formula is C18H26N4O2. The molecule has 1 unspecified atom stereocenters. The van der Waals surface area contributed by atoms with Crippen LogP contribution in [0, 0.1) is 12.8 Å². The maximum absolute atomic E-state index is 12.6. The summed E-state index contributed by atoms with van der Waals surface area (Å²) in [6.07, 6.45) is 7.79. The van der Waals surface area contributed by atoms with Crippen molar-refractivity contribution in [1.29, 1.82) is 0 Å². The van der Waals surface area contributed by atoms with E-state index in [4.69, 9.17) is 0 Å². The third kappa shape index (κ3) is 3.09. The summed E-state index contributed by atoms with van der Waals surface area (Å²) in [7, 11) is 0. The smallest absolute Gasteiger partial charge is 0.254 e. The third-order valence-electron chi connectivity index (χ3n) is 5.42. The Balaban J connectivity index is 1.57. The van der Waals surface area contributed by atoms with Crippen LogP contribution in [0.3, 0.4) is 0 Å². The lowest BCUT2D eigenvalue weighted by Crippen LogP contribution is -2.57. The molecule has 1 aromatic heterocycles. The van der Waals surface area contributed by atoms with Crippen molar-refractivity contribution in [3.05, 3.63) is 30.1 Å². The van der Waals surface area contributed by atoms with Crippen molar-refractivity contribution >= 4 is 11.8 Å². The number of carbonyl (C=O) groups is 2. The Morgan fingerprint density at radius 1 is 1.38 bits per heavy atom. The molecule has 0 radical (unpaired) electrons. The Morgan fingerprint density at radius 3 is 2.67 bits per heavy atom. The van der Waals surface area contributed by atoms with Gasteiger partial charge in [0, 0.05) is 30.7 Å². The van der Waals surface area contributed by atoms with Gasteiger partial charge in [-0.25, -0.2) is 0 Å². The largest absolute Gasteiger partial charge is 0.349 e. The number of likely N-dealkylation sites (tertiary alicyclic amines) is 1. The number of hydrogen-bond acceptors (Lipinski definition) is 3. The molecular weight excluding hydrogens is 304 g/mol. The molecule has 1 atom stereocenters. The molecule has 2 aliphatic rings. The summed E-state index contributed by atoms with van der Waals surface area (Å²) in [5, 5.41) is 7.51. The minimum atomic E-state index is -0.0715. The van der Waals surface area contributed by atoms with Gasteiger partial charge in [-0.15, -0.1) is 0 Å². The Hall–Kier alpha value is -2.11. The first-order valence-corrected chi connectivity index (χ1v) is 8.77. The van der Waals surface area contributed by atoms with Gasteiger partial charge in [0.2, 0.25) is 5.91 Å². The number of amides is 2. The van der Waals surface area contributed by atoms with Gasteiger partial charge < -0.3 is 10.2 Å². The molecule has 1 aliphatic carbocycles. The Labute approximate surface area is 142 Å². The zero-order valence-electron chi connectivity index (χ0n) is 14.5. The molecule has 2 fully saturated rings.